The van der Waals surface area contributed by atoms with Gasteiger partial charge in [-0.3, -0.25) is 0 Å². The minimum Gasteiger partial charge on any atom is -0.415 e. The highest BCUT2D eigenvalue weighted by atomic mass is 28.5. The molecule has 0 unspecified atom stereocenters. The van der Waals surface area contributed by atoms with Crippen LogP contribution in [0.3, 0.4) is 0 Å². The maximum absolute atomic E-state index is 8.21. The van der Waals surface area contributed by atoms with Crippen molar-refractivity contribution in [3.8, 4) is 0 Å². The fourth-order valence-electron chi connectivity index (χ4n) is 9.87. The molecule has 0 atom stereocenters. The third-order valence-corrected chi connectivity index (χ3v) is 40.5. The first-order valence-corrected chi connectivity index (χ1v) is 31.0. The highest BCUT2D eigenvalue weighted by Crippen LogP contribution is 2.53. The lowest BCUT2D eigenvalue weighted by atomic mass is 10.1. The lowest BCUT2D eigenvalue weighted by Gasteiger charge is -2.56. The first kappa shape index (κ1) is 48.9. The van der Waals surface area contributed by atoms with Gasteiger partial charge in [0.1, 0.15) is 0 Å². The summed E-state index contributed by atoms with van der Waals surface area (Å²) in [5.74, 6) is 0. The topological polar surface area (TPSA) is 46.2 Å². The first-order valence-electron chi connectivity index (χ1n) is 20.1. The zero-order chi connectivity index (χ0) is 37.9. The van der Waals surface area contributed by atoms with E-state index in [0.717, 1.165) is 18.5 Å². The second kappa shape index (κ2) is 20.9. The summed E-state index contributed by atoms with van der Waals surface area (Å²) >= 11 is 0. The van der Waals surface area contributed by atoms with Gasteiger partial charge in [0.2, 0.25) is 0 Å². The molecule has 5 nitrogen and oxygen atoms in total. The molecular weight excluding hydrogens is 677 g/mol. The van der Waals surface area contributed by atoms with Crippen LogP contribution in [0.1, 0.15) is 163 Å². The second-order valence-electron chi connectivity index (χ2n) is 18.1. The summed E-state index contributed by atoms with van der Waals surface area (Å²) in [5.41, 5.74) is 4.30. The van der Waals surface area contributed by atoms with E-state index < -0.39 is 42.3 Å². The van der Waals surface area contributed by atoms with Gasteiger partial charge in [0, 0.05) is 20.3 Å². The van der Waals surface area contributed by atoms with E-state index in [1.165, 1.54) is 32.1 Å². The van der Waals surface area contributed by atoms with Crippen molar-refractivity contribution in [1.82, 2.24) is 0 Å². The van der Waals surface area contributed by atoms with E-state index in [9.17, 15) is 0 Å². The molecule has 10 heteroatoms. The molecule has 0 saturated heterocycles. The Kier molecular flexibility index (Phi) is 21.3. The zero-order valence-corrected chi connectivity index (χ0v) is 41.4. The highest BCUT2D eigenvalue weighted by Gasteiger charge is 2.63. The quantitative estimate of drug-likeness (QED) is 0.0648. The molecule has 0 aromatic carbocycles. The summed E-state index contributed by atoms with van der Waals surface area (Å²) in [6.45, 7) is 46.0. The van der Waals surface area contributed by atoms with Crippen molar-refractivity contribution >= 4 is 42.3 Å². The Morgan fingerprint density at radius 2 is 0.542 bits per heavy atom. The summed E-state index contributed by atoms with van der Waals surface area (Å²) in [5, 5.41) is 0. The smallest absolute Gasteiger partial charge is 0.415 e. The van der Waals surface area contributed by atoms with E-state index in [2.05, 4.69) is 131 Å². The van der Waals surface area contributed by atoms with Gasteiger partial charge in [0.25, 0.3) is 0 Å². The van der Waals surface area contributed by atoms with Crippen molar-refractivity contribution in [2.75, 3.05) is 14.2 Å². The minimum absolute atomic E-state index is 0.478. The van der Waals surface area contributed by atoms with Crippen LogP contribution in [0, 0.1) is 0 Å². The molecule has 48 heavy (non-hydrogen) atoms. The van der Waals surface area contributed by atoms with Crippen LogP contribution >= 0.6 is 0 Å². The maximum Gasteiger partial charge on any atom is 0.469 e. The standard InChI is InChI=1S/C38H88O5Si5/c1-30(2)46(31(3)4,32(5)6)41-45(42-47(33(7)8,34(9)10)35(11)12,43-48(36(13)14,37(15)16)38(17)18)29-27-25-23-22-24-26-28-44(21,39-19)40-20/h30-38H,22-29H2,1-21H3. The Hall–Kier alpha value is 0.884. The van der Waals surface area contributed by atoms with Gasteiger partial charge in [0.15, 0.2) is 25.0 Å². The average molecular weight is 766 g/mol. The van der Waals surface area contributed by atoms with Crippen molar-refractivity contribution in [1.29, 1.82) is 0 Å². The molecule has 0 rings (SSSR count). The largest absolute Gasteiger partial charge is 0.469 e. The lowest BCUT2D eigenvalue weighted by Crippen LogP contribution is -2.69. The normalized spacial score (nSPS) is 14.6. The van der Waals surface area contributed by atoms with Crippen LogP contribution in [0.5, 0.6) is 0 Å². The van der Waals surface area contributed by atoms with Crippen molar-refractivity contribution < 1.29 is 21.2 Å². The van der Waals surface area contributed by atoms with Crippen LogP contribution in [0.15, 0.2) is 0 Å². The van der Waals surface area contributed by atoms with E-state index in [0.29, 0.717) is 49.9 Å². The van der Waals surface area contributed by atoms with E-state index in [-0.39, 0.29) is 0 Å². The summed E-state index contributed by atoms with van der Waals surface area (Å²) in [4.78, 5) is 0. The molecule has 0 aliphatic carbocycles. The predicted octanol–water partition coefficient (Wildman–Crippen LogP) is 14.2. The van der Waals surface area contributed by atoms with Crippen molar-refractivity contribution in [3.05, 3.63) is 0 Å². The third kappa shape index (κ3) is 11.7. The van der Waals surface area contributed by atoms with E-state index in [1.807, 2.05) is 0 Å². The van der Waals surface area contributed by atoms with Gasteiger partial charge >= 0.3 is 17.4 Å². The molecule has 0 saturated carbocycles. The van der Waals surface area contributed by atoms with Gasteiger partial charge in [-0.1, -0.05) is 157 Å². The van der Waals surface area contributed by atoms with Crippen LogP contribution in [-0.4, -0.2) is 56.5 Å². The monoisotopic (exact) mass is 765 g/mol. The molecule has 290 valence electrons. The van der Waals surface area contributed by atoms with Gasteiger partial charge in [0.05, 0.1) is 0 Å². The summed E-state index contributed by atoms with van der Waals surface area (Å²) in [7, 11) is -8.63. The number of hydrogen-bond donors (Lipinski definition) is 0. The maximum atomic E-state index is 8.21. The van der Waals surface area contributed by atoms with Gasteiger partial charge in [-0.15, -0.1) is 0 Å². The van der Waals surface area contributed by atoms with Gasteiger partial charge in [-0.05, 0) is 68.9 Å². The fraction of sp³-hybridized carbons (Fsp3) is 1.00. The number of hydrogen-bond acceptors (Lipinski definition) is 5. The van der Waals surface area contributed by atoms with Crippen LogP contribution in [0.2, 0.25) is 68.5 Å². The van der Waals surface area contributed by atoms with Gasteiger partial charge in [-0.25, -0.2) is 0 Å². The molecule has 0 aliphatic heterocycles. The first-order chi connectivity index (χ1) is 21.9. The number of rotatable bonds is 26. The van der Waals surface area contributed by atoms with Crippen LogP contribution in [0.4, 0.5) is 0 Å². The van der Waals surface area contributed by atoms with E-state index >= 15 is 0 Å². The Morgan fingerprint density at radius 3 is 0.750 bits per heavy atom. The Balaban J connectivity index is 7.24. The predicted molar refractivity (Wildman–Crippen MR) is 225 cm³/mol. The van der Waals surface area contributed by atoms with E-state index in [1.54, 1.807) is 14.2 Å². The molecule has 0 spiro atoms. The van der Waals surface area contributed by atoms with Crippen LogP contribution in [-0.2, 0) is 21.2 Å². The molecule has 0 aliphatic rings. The summed E-state index contributed by atoms with van der Waals surface area (Å²) in [6, 6.07) is 2.02. The molecule has 0 fully saturated rings. The molecule has 0 amide bonds. The molecule has 0 aromatic rings. The second-order valence-corrected chi connectivity index (χ2v) is 41.5. The van der Waals surface area contributed by atoms with Crippen LogP contribution in [0.25, 0.3) is 0 Å². The van der Waals surface area contributed by atoms with Crippen molar-refractivity contribution in [3.63, 3.8) is 0 Å². The minimum atomic E-state index is -3.22. The molecule has 0 aromatic heterocycles. The van der Waals surface area contributed by atoms with Crippen molar-refractivity contribution in [2.24, 2.45) is 0 Å². The summed E-state index contributed by atoms with van der Waals surface area (Å²) < 4.78 is 36.1. The fourth-order valence-corrected chi connectivity index (χ4v) is 41.8. The van der Waals surface area contributed by atoms with Crippen LogP contribution < -0.4 is 0 Å². The summed E-state index contributed by atoms with van der Waals surface area (Å²) in [6.07, 6.45) is 7.23. The Bertz CT molecular complexity index is 723. The van der Waals surface area contributed by atoms with Gasteiger partial charge < -0.3 is 21.2 Å². The van der Waals surface area contributed by atoms with Gasteiger partial charge in [-0.2, -0.15) is 0 Å². The Morgan fingerprint density at radius 1 is 0.333 bits per heavy atom. The number of unbranched alkanes of at least 4 members (excludes halogenated alkanes) is 5. The third-order valence-electron chi connectivity index (χ3n) is 12.3. The SMILES string of the molecule is CO[Si](C)(CCCCCCCC[Si](O[Si](C(C)C)(C(C)C)C(C)C)(O[Si](C(C)C)(C(C)C)C(C)C)O[Si](C(C)C)(C(C)C)C(C)C)OC. The Labute approximate surface area is 308 Å². The molecule has 0 heterocycles. The molecular formula is C38H88O5Si5. The molecule has 0 N–H and O–H groups in total. The molecule has 0 radical (unpaired) electrons. The average Bonchev–Trinajstić information content (AvgIpc) is 2.96. The van der Waals surface area contributed by atoms with Crippen molar-refractivity contribution in [2.45, 2.75) is 232 Å². The van der Waals surface area contributed by atoms with E-state index in [4.69, 9.17) is 21.2 Å². The lowest BCUT2D eigenvalue weighted by molar-refractivity contribution is 0.216. The zero-order valence-electron chi connectivity index (χ0n) is 36.4. The molecule has 0 bridgehead atoms. The highest BCUT2D eigenvalue weighted by molar-refractivity contribution is 6.94.